The number of rotatable bonds is 4. The standard InChI is InChI=1S/C20H16FN5O3/c21-14-5-3-12(4-6-14)15-10-16(24-23-15)20(27)26-8-7-13(11-26)18-22-19(29-25-18)17-2-1-9-28-17/h1-6,9-10,13H,7-8,11H2,(H,23,24). The van der Waals surface area contributed by atoms with Crippen molar-refractivity contribution < 1.29 is 18.1 Å². The highest BCUT2D eigenvalue weighted by Crippen LogP contribution is 2.28. The van der Waals surface area contributed by atoms with E-state index < -0.39 is 0 Å². The highest BCUT2D eigenvalue weighted by molar-refractivity contribution is 5.93. The van der Waals surface area contributed by atoms with Crippen molar-refractivity contribution in [2.45, 2.75) is 12.3 Å². The molecule has 1 amide bonds. The molecule has 4 aromatic rings. The Morgan fingerprint density at radius 3 is 2.90 bits per heavy atom. The van der Waals surface area contributed by atoms with Gasteiger partial charge in [-0.15, -0.1) is 0 Å². The molecule has 29 heavy (non-hydrogen) atoms. The quantitative estimate of drug-likeness (QED) is 0.570. The fourth-order valence-corrected chi connectivity index (χ4v) is 3.43. The van der Waals surface area contributed by atoms with Crippen molar-refractivity contribution in [2.75, 3.05) is 13.1 Å². The molecule has 1 aliphatic heterocycles. The van der Waals surface area contributed by atoms with Crippen molar-refractivity contribution in [2.24, 2.45) is 0 Å². The van der Waals surface area contributed by atoms with E-state index >= 15 is 0 Å². The monoisotopic (exact) mass is 393 g/mol. The summed E-state index contributed by atoms with van der Waals surface area (Å²) in [4.78, 5) is 19.0. The molecule has 1 unspecified atom stereocenters. The van der Waals surface area contributed by atoms with Crippen LogP contribution in [0.5, 0.6) is 0 Å². The Bertz CT molecular complexity index is 1130. The van der Waals surface area contributed by atoms with Crippen LogP contribution in [0, 0.1) is 5.82 Å². The smallest absolute Gasteiger partial charge is 0.293 e. The maximum absolute atomic E-state index is 13.1. The molecule has 0 aliphatic carbocycles. The Hall–Kier alpha value is -3.75. The number of hydrogen-bond acceptors (Lipinski definition) is 6. The van der Waals surface area contributed by atoms with Crippen LogP contribution >= 0.6 is 0 Å². The first-order valence-electron chi connectivity index (χ1n) is 9.15. The number of halogens is 1. The Morgan fingerprint density at radius 2 is 2.10 bits per heavy atom. The van der Waals surface area contributed by atoms with Gasteiger partial charge in [-0.3, -0.25) is 9.89 Å². The summed E-state index contributed by atoms with van der Waals surface area (Å²) in [6.45, 7) is 1.07. The molecule has 5 rings (SSSR count). The molecule has 1 fully saturated rings. The van der Waals surface area contributed by atoms with Crippen LogP contribution in [0.3, 0.4) is 0 Å². The van der Waals surface area contributed by atoms with Gasteiger partial charge in [0.2, 0.25) is 0 Å². The van der Waals surface area contributed by atoms with E-state index in [4.69, 9.17) is 8.94 Å². The number of nitrogens with zero attached hydrogens (tertiary/aromatic N) is 4. The predicted octanol–water partition coefficient (Wildman–Crippen LogP) is 3.49. The summed E-state index contributed by atoms with van der Waals surface area (Å²) < 4.78 is 23.6. The van der Waals surface area contributed by atoms with E-state index in [0.29, 0.717) is 42.0 Å². The molecule has 0 spiro atoms. The van der Waals surface area contributed by atoms with E-state index in [1.807, 2.05) is 0 Å². The molecular weight excluding hydrogens is 377 g/mol. The second kappa shape index (κ2) is 7.01. The lowest BCUT2D eigenvalue weighted by Crippen LogP contribution is -2.28. The molecule has 8 nitrogen and oxygen atoms in total. The Balaban J connectivity index is 1.28. The maximum atomic E-state index is 13.1. The number of carbonyl (C=O) groups excluding carboxylic acids is 1. The van der Waals surface area contributed by atoms with E-state index in [-0.39, 0.29) is 17.6 Å². The number of furan rings is 1. The molecule has 0 radical (unpaired) electrons. The summed E-state index contributed by atoms with van der Waals surface area (Å²) in [6, 6.07) is 11.1. The third-order valence-electron chi connectivity index (χ3n) is 4.96. The van der Waals surface area contributed by atoms with Crippen LogP contribution < -0.4 is 0 Å². The summed E-state index contributed by atoms with van der Waals surface area (Å²) in [5.41, 5.74) is 1.71. The molecule has 0 saturated carbocycles. The zero-order valence-corrected chi connectivity index (χ0v) is 15.2. The average molecular weight is 393 g/mol. The second-order valence-corrected chi connectivity index (χ2v) is 6.85. The van der Waals surface area contributed by atoms with Gasteiger partial charge in [-0.1, -0.05) is 5.16 Å². The normalized spacial score (nSPS) is 16.4. The maximum Gasteiger partial charge on any atom is 0.293 e. The first-order chi connectivity index (χ1) is 14.2. The van der Waals surface area contributed by atoms with Crippen LogP contribution in [0.25, 0.3) is 22.9 Å². The van der Waals surface area contributed by atoms with Crippen LogP contribution in [0.15, 0.2) is 57.7 Å². The SMILES string of the molecule is O=C(c1cc(-c2ccc(F)cc2)n[nH]1)N1CCC(c2noc(-c3ccco3)n2)C1. The number of benzene rings is 1. The summed E-state index contributed by atoms with van der Waals surface area (Å²) >= 11 is 0. The van der Waals surface area contributed by atoms with Crippen LogP contribution in [0.4, 0.5) is 4.39 Å². The van der Waals surface area contributed by atoms with Crippen LogP contribution in [-0.2, 0) is 0 Å². The van der Waals surface area contributed by atoms with Gasteiger partial charge < -0.3 is 13.8 Å². The number of H-pyrrole nitrogens is 1. The molecule has 146 valence electrons. The summed E-state index contributed by atoms with van der Waals surface area (Å²) in [5.74, 6) is 0.922. The van der Waals surface area contributed by atoms with Gasteiger partial charge in [0.05, 0.1) is 12.0 Å². The van der Waals surface area contributed by atoms with Gasteiger partial charge in [0.15, 0.2) is 11.6 Å². The number of nitrogens with one attached hydrogen (secondary N) is 1. The Morgan fingerprint density at radius 1 is 1.24 bits per heavy atom. The Kier molecular flexibility index (Phi) is 4.19. The van der Waals surface area contributed by atoms with Crippen LogP contribution in [0.1, 0.15) is 28.7 Å². The minimum Gasteiger partial charge on any atom is -0.459 e. The molecule has 4 heterocycles. The van der Waals surface area contributed by atoms with E-state index in [0.717, 1.165) is 12.0 Å². The van der Waals surface area contributed by atoms with Crippen molar-refractivity contribution in [3.8, 4) is 22.9 Å². The van der Waals surface area contributed by atoms with E-state index in [2.05, 4.69) is 20.3 Å². The molecule has 0 bridgehead atoms. The average Bonchev–Trinajstić information content (AvgIpc) is 3.54. The minimum atomic E-state index is -0.319. The summed E-state index contributed by atoms with van der Waals surface area (Å²) in [7, 11) is 0. The van der Waals surface area contributed by atoms with Gasteiger partial charge in [0.25, 0.3) is 11.8 Å². The molecule has 3 aromatic heterocycles. The van der Waals surface area contributed by atoms with Crippen molar-refractivity contribution in [1.29, 1.82) is 0 Å². The molecule has 9 heteroatoms. The zero-order chi connectivity index (χ0) is 19.8. The number of amides is 1. The van der Waals surface area contributed by atoms with Crippen molar-refractivity contribution in [3.63, 3.8) is 0 Å². The highest BCUT2D eigenvalue weighted by Gasteiger charge is 2.32. The largest absolute Gasteiger partial charge is 0.459 e. The fraction of sp³-hybridized carbons (Fsp3) is 0.200. The topological polar surface area (TPSA) is 101 Å². The first kappa shape index (κ1) is 17.4. The number of hydrogen-bond donors (Lipinski definition) is 1. The van der Waals surface area contributed by atoms with Crippen molar-refractivity contribution >= 4 is 5.91 Å². The van der Waals surface area contributed by atoms with Gasteiger partial charge in [-0.2, -0.15) is 10.1 Å². The highest BCUT2D eigenvalue weighted by atomic mass is 19.1. The molecule has 1 aliphatic rings. The van der Waals surface area contributed by atoms with Gasteiger partial charge in [-0.25, -0.2) is 4.39 Å². The summed E-state index contributed by atoms with van der Waals surface area (Å²) in [6.07, 6.45) is 2.28. The van der Waals surface area contributed by atoms with E-state index in [9.17, 15) is 9.18 Å². The lowest BCUT2D eigenvalue weighted by atomic mass is 10.1. The van der Waals surface area contributed by atoms with Crippen LogP contribution in [-0.4, -0.2) is 44.2 Å². The molecule has 1 atom stereocenters. The van der Waals surface area contributed by atoms with Crippen LogP contribution in [0.2, 0.25) is 0 Å². The summed E-state index contributed by atoms with van der Waals surface area (Å²) in [5, 5.41) is 11.0. The second-order valence-electron chi connectivity index (χ2n) is 6.85. The lowest BCUT2D eigenvalue weighted by Gasteiger charge is -2.14. The van der Waals surface area contributed by atoms with Crippen molar-refractivity contribution in [1.82, 2.24) is 25.2 Å². The number of aromatic amines is 1. The van der Waals surface area contributed by atoms with E-state index in [1.165, 1.54) is 12.1 Å². The lowest BCUT2D eigenvalue weighted by molar-refractivity contribution is 0.0784. The van der Waals surface area contributed by atoms with Gasteiger partial charge in [0.1, 0.15) is 11.5 Å². The molecule has 1 aromatic carbocycles. The third-order valence-corrected chi connectivity index (χ3v) is 4.96. The van der Waals surface area contributed by atoms with Gasteiger partial charge in [0, 0.05) is 24.6 Å². The molecule has 1 N–H and O–H groups in total. The third kappa shape index (κ3) is 3.31. The molecule has 1 saturated heterocycles. The van der Waals surface area contributed by atoms with Gasteiger partial charge in [-0.05, 0) is 48.9 Å². The van der Waals surface area contributed by atoms with Gasteiger partial charge >= 0.3 is 0 Å². The zero-order valence-electron chi connectivity index (χ0n) is 15.2. The fourth-order valence-electron chi connectivity index (χ4n) is 3.43. The number of aromatic nitrogens is 4. The van der Waals surface area contributed by atoms with Crippen molar-refractivity contribution in [3.05, 3.63) is 66.1 Å². The first-order valence-corrected chi connectivity index (χ1v) is 9.15. The predicted molar refractivity (Wildman–Crippen MR) is 99.2 cm³/mol. The minimum absolute atomic E-state index is 0.00842. The Labute approximate surface area is 164 Å². The van der Waals surface area contributed by atoms with E-state index in [1.54, 1.807) is 41.5 Å². The number of carbonyl (C=O) groups is 1. The molecular formula is C20H16FN5O3. The number of likely N-dealkylation sites (tertiary alicyclic amines) is 1.